The minimum atomic E-state index is -0.601. The molecule has 1 aliphatic rings. The molecular weight excluding hydrogens is 232 g/mol. The molecular formula is C13H24N2O3. The number of nitrogens with one attached hydrogen (secondary N) is 2. The van der Waals surface area contributed by atoms with Crippen LogP contribution in [0.2, 0.25) is 0 Å². The van der Waals surface area contributed by atoms with Crippen molar-refractivity contribution in [1.82, 2.24) is 10.6 Å². The van der Waals surface area contributed by atoms with Gasteiger partial charge >= 0.3 is 12.0 Å². The molecule has 0 aromatic heterocycles. The van der Waals surface area contributed by atoms with Crippen LogP contribution in [0, 0.1) is 5.92 Å². The van der Waals surface area contributed by atoms with Crippen LogP contribution < -0.4 is 10.6 Å². The lowest BCUT2D eigenvalue weighted by atomic mass is 9.89. The topological polar surface area (TPSA) is 67.4 Å². The molecule has 18 heavy (non-hydrogen) atoms. The molecule has 0 bridgehead atoms. The molecule has 2 amide bonds. The molecule has 0 aromatic carbocycles. The van der Waals surface area contributed by atoms with Crippen molar-refractivity contribution >= 4 is 12.0 Å². The summed E-state index contributed by atoms with van der Waals surface area (Å²) in [5.74, 6) is 0.188. The normalized spacial score (nSPS) is 17.9. The smallest absolute Gasteiger partial charge is 0.328 e. The van der Waals surface area contributed by atoms with Gasteiger partial charge in [-0.15, -0.1) is 0 Å². The SMILES string of the molecule is CCOC(=O)C(C)NC(=O)NCC1CCCCC1. The third-order valence-corrected chi connectivity index (χ3v) is 3.26. The van der Waals surface area contributed by atoms with Crippen LogP contribution in [-0.2, 0) is 9.53 Å². The van der Waals surface area contributed by atoms with E-state index in [1.807, 2.05) is 0 Å². The fraction of sp³-hybridized carbons (Fsp3) is 0.846. The van der Waals surface area contributed by atoms with Gasteiger partial charge in [-0.3, -0.25) is 0 Å². The summed E-state index contributed by atoms with van der Waals surface area (Å²) < 4.78 is 4.82. The van der Waals surface area contributed by atoms with Crippen molar-refractivity contribution in [3.63, 3.8) is 0 Å². The van der Waals surface area contributed by atoms with Crippen LogP contribution >= 0.6 is 0 Å². The summed E-state index contributed by atoms with van der Waals surface area (Å²) >= 11 is 0. The van der Waals surface area contributed by atoms with Crippen molar-refractivity contribution in [2.75, 3.05) is 13.2 Å². The highest BCUT2D eigenvalue weighted by atomic mass is 16.5. The van der Waals surface area contributed by atoms with Crippen LogP contribution in [0.3, 0.4) is 0 Å². The Morgan fingerprint density at radius 3 is 2.56 bits per heavy atom. The minimum absolute atomic E-state index is 0.291. The first-order valence-electron chi connectivity index (χ1n) is 6.84. The Bertz CT molecular complexity index is 275. The van der Waals surface area contributed by atoms with Gasteiger partial charge in [0, 0.05) is 6.54 Å². The molecule has 0 heterocycles. The Morgan fingerprint density at radius 2 is 1.94 bits per heavy atom. The molecule has 1 atom stereocenters. The number of carbonyl (C=O) groups is 2. The van der Waals surface area contributed by atoms with E-state index in [0.717, 1.165) is 0 Å². The van der Waals surface area contributed by atoms with E-state index < -0.39 is 12.0 Å². The maximum atomic E-state index is 11.6. The van der Waals surface area contributed by atoms with Gasteiger partial charge in [0.05, 0.1) is 6.61 Å². The summed E-state index contributed by atoms with van der Waals surface area (Å²) in [7, 11) is 0. The number of amides is 2. The molecule has 1 saturated carbocycles. The minimum Gasteiger partial charge on any atom is -0.464 e. The number of urea groups is 1. The second-order valence-corrected chi connectivity index (χ2v) is 4.83. The largest absolute Gasteiger partial charge is 0.464 e. The summed E-state index contributed by atoms with van der Waals surface area (Å²) in [5.41, 5.74) is 0. The lowest BCUT2D eigenvalue weighted by molar-refractivity contribution is -0.144. The molecule has 0 spiro atoms. The summed E-state index contributed by atoms with van der Waals surface area (Å²) in [5, 5.41) is 5.40. The monoisotopic (exact) mass is 256 g/mol. The molecule has 1 unspecified atom stereocenters. The average Bonchev–Trinajstić information content (AvgIpc) is 2.38. The molecule has 1 rings (SSSR count). The molecule has 1 aliphatic carbocycles. The number of carbonyl (C=O) groups excluding carboxylic acids is 2. The highest BCUT2D eigenvalue weighted by Gasteiger charge is 2.18. The Morgan fingerprint density at radius 1 is 1.28 bits per heavy atom. The first-order chi connectivity index (χ1) is 8.63. The molecule has 0 aliphatic heterocycles. The maximum absolute atomic E-state index is 11.6. The first-order valence-corrected chi connectivity index (χ1v) is 6.84. The predicted molar refractivity (Wildman–Crippen MR) is 69.2 cm³/mol. The quantitative estimate of drug-likeness (QED) is 0.737. The highest BCUT2D eigenvalue weighted by molar-refractivity contribution is 5.83. The Labute approximate surface area is 109 Å². The standard InChI is InChI=1S/C13H24N2O3/c1-3-18-12(16)10(2)15-13(17)14-9-11-7-5-4-6-8-11/h10-11H,3-9H2,1-2H3,(H2,14,15,17). The molecule has 2 N–H and O–H groups in total. The van der Waals surface area contributed by atoms with Gasteiger partial charge in [-0.05, 0) is 32.6 Å². The third kappa shape index (κ3) is 5.38. The third-order valence-electron chi connectivity index (χ3n) is 3.26. The number of ether oxygens (including phenoxy) is 1. The van der Waals surface area contributed by atoms with Gasteiger partial charge in [-0.1, -0.05) is 19.3 Å². The van der Waals surface area contributed by atoms with E-state index >= 15 is 0 Å². The zero-order valence-corrected chi connectivity index (χ0v) is 11.3. The van der Waals surface area contributed by atoms with Crippen LogP contribution in [0.4, 0.5) is 4.79 Å². The van der Waals surface area contributed by atoms with Crippen molar-refractivity contribution < 1.29 is 14.3 Å². The van der Waals surface area contributed by atoms with E-state index in [1.165, 1.54) is 32.1 Å². The predicted octanol–water partition coefficient (Wildman–Crippen LogP) is 1.82. The van der Waals surface area contributed by atoms with Crippen LogP contribution in [0.5, 0.6) is 0 Å². The van der Waals surface area contributed by atoms with E-state index in [0.29, 0.717) is 19.1 Å². The molecule has 0 radical (unpaired) electrons. The van der Waals surface area contributed by atoms with E-state index in [4.69, 9.17) is 4.74 Å². The number of rotatable bonds is 5. The van der Waals surface area contributed by atoms with Crippen molar-refractivity contribution in [1.29, 1.82) is 0 Å². The number of esters is 1. The Kier molecular flexibility index (Phi) is 6.54. The van der Waals surface area contributed by atoms with E-state index in [9.17, 15) is 9.59 Å². The van der Waals surface area contributed by atoms with Crippen LogP contribution in [0.15, 0.2) is 0 Å². The zero-order chi connectivity index (χ0) is 13.4. The zero-order valence-electron chi connectivity index (χ0n) is 11.3. The van der Waals surface area contributed by atoms with Crippen molar-refractivity contribution in [3.05, 3.63) is 0 Å². The lowest BCUT2D eigenvalue weighted by Gasteiger charge is -2.22. The molecule has 0 aromatic rings. The summed E-state index contributed by atoms with van der Waals surface area (Å²) in [6.07, 6.45) is 6.20. The van der Waals surface area contributed by atoms with Crippen LogP contribution in [0.1, 0.15) is 46.0 Å². The van der Waals surface area contributed by atoms with E-state index in [2.05, 4.69) is 10.6 Å². The molecule has 0 saturated heterocycles. The van der Waals surface area contributed by atoms with Crippen LogP contribution in [0.25, 0.3) is 0 Å². The number of hydrogen-bond acceptors (Lipinski definition) is 3. The van der Waals surface area contributed by atoms with Crippen molar-refractivity contribution in [2.24, 2.45) is 5.92 Å². The second-order valence-electron chi connectivity index (χ2n) is 4.83. The van der Waals surface area contributed by atoms with Gasteiger partial charge in [-0.2, -0.15) is 0 Å². The molecule has 5 nitrogen and oxygen atoms in total. The number of hydrogen-bond donors (Lipinski definition) is 2. The lowest BCUT2D eigenvalue weighted by Crippen LogP contribution is -2.46. The van der Waals surface area contributed by atoms with E-state index in [1.54, 1.807) is 13.8 Å². The fourth-order valence-electron chi connectivity index (χ4n) is 2.20. The first kappa shape index (κ1) is 14.8. The van der Waals surface area contributed by atoms with Gasteiger partial charge < -0.3 is 15.4 Å². The fourth-order valence-corrected chi connectivity index (χ4v) is 2.20. The Hall–Kier alpha value is -1.26. The summed E-state index contributed by atoms with van der Waals surface area (Å²) in [6.45, 7) is 4.39. The van der Waals surface area contributed by atoms with Crippen LogP contribution in [-0.4, -0.2) is 31.2 Å². The second kappa shape index (κ2) is 7.95. The van der Waals surface area contributed by atoms with E-state index in [-0.39, 0.29) is 6.03 Å². The highest BCUT2D eigenvalue weighted by Crippen LogP contribution is 2.22. The van der Waals surface area contributed by atoms with Crippen molar-refractivity contribution in [3.8, 4) is 0 Å². The van der Waals surface area contributed by atoms with Gasteiger partial charge in [-0.25, -0.2) is 9.59 Å². The van der Waals surface area contributed by atoms with Gasteiger partial charge in [0.2, 0.25) is 0 Å². The average molecular weight is 256 g/mol. The molecule has 5 heteroatoms. The maximum Gasteiger partial charge on any atom is 0.328 e. The van der Waals surface area contributed by atoms with Gasteiger partial charge in [0.25, 0.3) is 0 Å². The Balaban J connectivity index is 2.18. The summed E-state index contributed by atoms with van der Waals surface area (Å²) in [6, 6.07) is -0.891. The summed E-state index contributed by atoms with van der Waals surface area (Å²) in [4.78, 5) is 22.9. The van der Waals surface area contributed by atoms with Crippen molar-refractivity contribution in [2.45, 2.75) is 52.0 Å². The van der Waals surface area contributed by atoms with Gasteiger partial charge in [0.1, 0.15) is 6.04 Å². The molecule has 1 fully saturated rings. The molecule has 104 valence electrons. The van der Waals surface area contributed by atoms with Gasteiger partial charge in [0.15, 0.2) is 0 Å².